The van der Waals surface area contributed by atoms with Crippen molar-refractivity contribution in [2.45, 2.75) is 42.5 Å². The number of rotatable bonds is 8. The molecule has 0 aliphatic carbocycles. The van der Waals surface area contributed by atoms with Crippen molar-refractivity contribution in [2.75, 3.05) is 13.1 Å². The Morgan fingerprint density at radius 2 is 2.09 bits per heavy atom. The van der Waals surface area contributed by atoms with Gasteiger partial charge in [-0.05, 0) is 37.3 Å². The summed E-state index contributed by atoms with van der Waals surface area (Å²) in [4.78, 5) is 38.5. The van der Waals surface area contributed by atoms with Gasteiger partial charge >= 0.3 is 0 Å². The van der Waals surface area contributed by atoms with Crippen LogP contribution in [0.25, 0.3) is 0 Å². The van der Waals surface area contributed by atoms with E-state index in [9.17, 15) is 22.8 Å². The predicted octanol–water partition coefficient (Wildman–Crippen LogP) is -0.267. The van der Waals surface area contributed by atoms with Crippen LogP contribution in [0.5, 0.6) is 0 Å². The van der Waals surface area contributed by atoms with Gasteiger partial charge in [-0.2, -0.15) is 5.10 Å². The Labute approximate surface area is 190 Å². The van der Waals surface area contributed by atoms with E-state index in [1.165, 1.54) is 15.6 Å². The molecule has 2 aromatic heterocycles. The topological polar surface area (TPSA) is 156 Å². The summed E-state index contributed by atoms with van der Waals surface area (Å²) in [6.45, 7) is 1.97. The third kappa shape index (κ3) is 5.53. The van der Waals surface area contributed by atoms with Crippen molar-refractivity contribution in [1.29, 1.82) is 0 Å². The van der Waals surface area contributed by atoms with Gasteiger partial charge in [0.15, 0.2) is 0 Å². The van der Waals surface area contributed by atoms with Crippen molar-refractivity contribution in [3.63, 3.8) is 0 Å². The molecular formula is C19H26N6O5S2. The summed E-state index contributed by atoms with van der Waals surface area (Å²) in [5.41, 5.74) is 6.12. The van der Waals surface area contributed by atoms with Gasteiger partial charge in [-0.3, -0.25) is 19.1 Å². The number of likely N-dealkylation sites (tertiary alicyclic amines) is 1. The number of carbonyl (C=O) groups excluding carboxylic acids is 3. The molecule has 0 aromatic carbocycles. The number of primary amides is 1. The molecule has 2 atom stereocenters. The molecule has 0 bridgehead atoms. The number of nitrogens with two attached hydrogens (primary N) is 1. The van der Waals surface area contributed by atoms with Gasteiger partial charge in [0.2, 0.25) is 21.8 Å². The van der Waals surface area contributed by atoms with Gasteiger partial charge in [0.25, 0.3) is 5.91 Å². The summed E-state index contributed by atoms with van der Waals surface area (Å²) >= 11 is 1.10. The average Bonchev–Trinajstić information content (AvgIpc) is 3.37. The van der Waals surface area contributed by atoms with Crippen LogP contribution in [0.1, 0.15) is 35.4 Å². The van der Waals surface area contributed by atoms with E-state index in [4.69, 9.17) is 5.73 Å². The summed E-state index contributed by atoms with van der Waals surface area (Å²) in [5.74, 6) is -1.41. The van der Waals surface area contributed by atoms with E-state index in [0.29, 0.717) is 17.8 Å². The summed E-state index contributed by atoms with van der Waals surface area (Å²) in [5, 5.41) is 8.47. The molecule has 0 spiro atoms. The Balaban J connectivity index is 1.79. The summed E-state index contributed by atoms with van der Waals surface area (Å²) in [7, 11) is -2.09. The number of thiophene rings is 1. The number of nitrogens with one attached hydrogen (secondary N) is 2. The SMILES string of the molecule is Cc1cc(C(=O)N2CCC(NS(=O)(=O)c3cccs3)CC2C(=O)NCCC(N)=O)n(C)n1. The van der Waals surface area contributed by atoms with Crippen LogP contribution in [-0.4, -0.2) is 66.0 Å². The van der Waals surface area contributed by atoms with Gasteiger partial charge in [0.05, 0.1) is 5.69 Å². The Bertz CT molecular complexity index is 1100. The molecule has 1 fully saturated rings. The Morgan fingerprint density at radius 3 is 2.69 bits per heavy atom. The average molecular weight is 483 g/mol. The number of aromatic nitrogens is 2. The van der Waals surface area contributed by atoms with Crippen LogP contribution in [-0.2, 0) is 26.7 Å². The van der Waals surface area contributed by atoms with Crippen LogP contribution in [0.3, 0.4) is 0 Å². The minimum Gasteiger partial charge on any atom is -0.370 e. The van der Waals surface area contributed by atoms with E-state index in [-0.39, 0.29) is 36.0 Å². The lowest BCUT2D eigenvalue weighted by Gasteiger charge is -2.38. The number of hydrogen-bond donors (Lipinski definition) is 3. The quantitative estimate of drug-likeness (QED) is 0.470. The molecule has 0 saturated carbocycles. The fraction of sp³-hybridized carbons (Fsp3) is 0.474. The summed E-state index contributed by atoms with van der Waals surface area (Å²) < 4.78 is 29.5. The summed E-state index contributed by atoms with van der Waals surface area (Å²) in [6.07, 6.45) is 0.398. The van der Waals surface area contributed by atoms with Crippen LogP contribution in [0.4, 0.5) is 0 Å². The molecule has 2 aromatic rings. The Kier molecular flexibility index (Phi) is 7.31. The zero-order chi connectivity index (χ0) is 23.5. The number of piperidine rings is 1. The fourth-order valence-electron chi connectivity index (χ4n) is 3.64. The van der Waals surface area contributed by atoms with Crippen molar-refractivity contribution in [3.05, 3.63) is 35.0 Å². The number of aryl methyl sites for hydroxylation is 2. The van der Waals surface area contributed by atoms with Gasteiger partial charge in [0, 0.05) is 32.6 Å². The first kappa shape index (κ1) is 23.9. The minimum atomic E-state index is -3.73. The number of carbonyl (C=O) groups is 3. The zero-order valence-electron chi connectivity index (χ0n) is 17.8. The molecule has 174 valence electrons. The molecule has 3 amide bonds. The molecule has 3 rings (SSSR count). The molecule has 4 N–H and O–H groups in total. The second-order valence-corrected chi connectivity index (χ2v) is 10.5. The maximum Gasteiger partial charge on any atom is 0.272 e. The molecule has 1 aliphatic heterocycles. The highest BCUT2D eigenvalue weighted by Crippen LogP contribution is 2.24. The lowest BCUT2D eigenvalue weighted by molar-refractivity contribution is -0.127. The molecule has 11 nitrogen and oxygen atoms in total. The molecule has 1 saturated heterocycles. The number of nitrogens with zero attached hydrogens (tertiary/aromatic N) is 3. The van der Waals surface area contributed by atoms with Gasteiger partial charge in [-0.1, -0.05) is 6.07 Å². The Hall–Kier alpha value is -2.77. The lowest BCUT2D eigenvalue weighted by Crippen LogP contribution is -2.57. The van der Waals surface area contributed by atoms with E-state index in [1.54, 1.807) is 31.5 Å². The highest BCUT2D eigenvalue weighted by atomic mass is 32.2. The standard InChI is InChI=1S/C19H26N6O5S2/c1-12-10-15(24(2)22-12)19(28)25-8-6-13(23-32(29,30)17-4-3-9-31-17)11-14(25)18(27)21-7-5-16(20)26/h3-4,9-10,13-14,23H,5-8,11H2,1-2H3,(H2,20,26)(H,21,27). The van der Waals surface area contributed by atoms with Crippen molar-refractivity contribution in [1.82, 2.24) is 24.7 Å². The van der Waals surface area contributed by atoms with Gasteiger partial charge in [-0.15, -0.1) is 11.3 Å². The van der Waals surface area contributed by atoms with Crippen molar-refractivity contribution >= 4 is 39.1 Å². The maximum atomic E-state index is 13.2. The second-order valence-electron chi connectivity index (χ2n) is 7.59. The smallest absolute Gasteiger partial charge is 0.272 e. The van der Waals surface area contributed by atoms with E-state index in [0.717, 1.165) is 11.3 Å². The zero-order valence-corrected chi connectivity index (χ0v) is 19.4. The summed E-state index contributed by atoms with van der Waals surface area (Å²) in [6, 6.07) is 3.33. The molecule has 13 heteroatoms. The van der Waals surface area contributed by atoms with Crippen LogP contribution in [0.15, 0.2) is 27.8 Å². The normalized spacial score (nSPS) is 19.0. The highest BCUT2D eigenvalue weighted by Gasteiger charge is 2.38. The largest absolute Gasteiger partial charge is 0.370 e. The third-order valence-electron chi connectivity index (χ3n) is 5.14. The predicted molar refractivity (Wildman–Crippen MR) is 117 cm³/mol. The van der Waals surface area contributed by atoms with Crippen LogP contribution >= 0.6 is 11.3 Å². The Morgan fingerprint density at radius 1 is 1.34 bits per heavy atom. The maximum absolute atomic E-state index is 13.2. The first-order valence-electron chi connectivity index (χ1n) is 10.0. The van der Waals surface area contributed by atoms with E-state index in [2.05, 4.69) is 15.1 Å². The molecule has 3 heterocycles. The fourth-order valence-corrected chi connectivity index (χ4v) is 5.94. The monoisotopic (exact) mass is 482 g/mol. The second kappa shape index (κ2) is 9.79. The molecule has 1 aliphatic rings. The molecule has 2 unspecified atom stereocenters. The molecular weight excluding hydrogens is 456 g/mol. The van der Waals surface area contributed by atoms with Crippen molar-refractivity contribution in [2.24, 2.45) is 12.8 Å². The van der Waals surface area contributed by atoms with Crippen molar-refractivity contribution < 1.29 is 22.8 Å². The van der Waals surface area contributed by atoms with Gasteiger partial charge in [-0.25, -0.2) is 13.1 Å². The number of sulfonamides is 1. The molecule has 0 radical (unpaired) electrons. The van der Waals surface area contributed by atoms with Crippen LogP contribution in [0.2, 0.25) is 0 Å². The third-order valence-corrected chi connectivity index (χ3v) is 8.06. The minimum absolute atomic E-state index is 0.0309. The van der Waals surface area contributed by atoms with Crippen molar-refractivity contribution in [3.8, 4) is 0 Å². The highest BCUT2D eigenvalue weighted by molar-refractivity contribution is 7.91. The van der Waals surface area contributed by atoms with E-state index >= 15 is 0 Å². The van der Waals surface area contributed by atoms with Gasteiger partial charge < -0.3 is 16.0 Å². The van der Waals surface area contributed by atoms with E-state index < -0.39 is 33.9 Å². The van der Waals surface area contributed by atoms with E-state index in [1.807, 2.05) is 0 Å². The lowest BCUT2D eigenvalue weighted by atomic mass is 9.96. The van der Waals surface area contributed by atoms with Gasteiger partial charge in [0.1, 0.15) is 15.9 Å². The van der Waals surface area contributed by atoms with Crippen LogP contribution < -0.4 is 15.8 Å². The molecule has 32 heavy (non-hydrogen) atoms. The number of hydrogen-bond acceptors (Lipinski definition) is 7. The van der Waals surface area contributed by atoms with Crippen LogP contribution in [0, 0.1) is 6.92 Å². The first-order valence-corrected chi connectivity index (χ1v) is 12.4. The number of amides is 3. The first-order chi connectivity index (χ1) is 15.1.